The highest BCUT2D eigenvalue weighted by Gasteiger charge is 2.05. The lowest BCUT2D eigenvalue weighted by atomic mass is 10.2. The maximum atomic E-state index is 5.60. The first kappa shape index (κ1) is 11.5. The van der Waals surface area contributed by atoms with Gasteiger partial charge in [0.05, 0.1) is 0 Å². The van der Waals surface area contributed by atoms with Gasteiger partial charge < -0.3 is 11.5 Å². The highest BCUT2D eigenvalue weighted by Crippen LogP contribution is 2.16. The monoisotopic (exact) mass is 271 g/mol. The second-order valence-corrected chi connectivity index (χ2v) is 3.94. The van der Waals surface area contributed by atoms with E-state index in [1.54, 1.807) is 0 Å². The summed E-state index contributed by atoms with van der Waals surface area (Å²) in [4.78, 5) is 5.49. The number of rotatable bonds is 1. The molecule has 15 heavy (non-hydrogen) atoms. The molecule has 0 bridgehead atoms. The summed E-state index contributed by atoms with van der Waals surface area (Å²) < 4.78 is 1.05. The molecule has 0 fully saturated rings. The Morgan fingerprint density at radius 2 is 1.93 bits per heavy atom. The van der Waals surface area contributed by atoms with Crippen molar-refractivity contribution < 1.29 is 9.98 Å². The van der Waals surface area contributed by atoms with E-state index in [-0.39, 0.29) is 11.9 Å². The fraction of sp³-hybridized carbons (Fsp3) is 0.111. The summed E-state index contributed by atoms with van der Waals surface area (Å²) in [7, 11) is 0. The molecule has 1 aromatic rings. The third-order valence-electron chi connectivity index (χ3n) is 1.72. The molecule has 8 N–H and O–H groups in total. The second kappa shape index (κ2) is 4.79. The first-order chi connectivity index (χ1) is 6.99. The third kappa shape index (κ3) is 3.59. The first-order valence-corrected chi connectivity index (χ1v) is 5.09. The smallest absolute Gasteiger partial charge is 0.345 e. The molecule has 1 rings (SSSR count). The van der Waals surface area contributed by atoms with Gasteiger partial charge in [0.2, 0.25) is 0 Å². The summed E-state index contributed by atoms with van der Waals surface area (Å²) in [6.45, 7) is 1.99. The van der Waals surface area contributed by atoms with Gasteiger partial charge in [0.1, 0.15) is 0 Å². The zero-order chi connectivity index (χ0) is 11.4. The van der Waals surface area contributed by atoms with Crippen LogP contribution in [-0.4, -0.2) is 11.9 Å². The molecule has 0 aromatic heterocycles. The fourth-order valence-electron chi connectivity index (χ4n) is 1.06. The maximum absolute atomic E-state index is 5.60. The number of nitrogens with one attached hydrogen (secondary N) is 2. The van der Waals surface area contributed by atoms with Crippen molar-refractivity contribution in [3.05, 3.63) is 28.2 Å². The van der Waals surface area contributed by atoms with Crippen molar-refractivity contribution in [1.82, 2.24) is 0 Å². The highest BCUT2D eigenvalue weighted by atomic mass is 79.9. The van der Waals surface area contributed by atoms with Gasteiger partial charge in [-0.3, -0.25) is 0 Å². The molecule has 0 aliphatic carbocycles. The molecule has 0 amide bonds. The molecule has 0 saturated carbocycles. The highest BCUT2D eigenvalue weighted by molar-refractivity contribution is 9.10. The van der Waals surface area contributed by atoms with E-state index in [4.69, 9.17) is 17.2 Å². The molecule has 0 spiro atoms. The van der Waals surface area contributed by atoms with Crippen LogP contribution in [0.5, 0.6) is 0 Å². The van der Waals surface area contributed by atoms with Gasteiger partial charge in [0.15, 0.2) is 5.69 Å². The van der Waals surface area contributed by atoms with Crippen LogP contribution in [-0.2, 0) is 0 Å². The Bertz CT molecular complexity index is 421. The Kier molecular flexibility index (Phi) is 3.68. The van der Waals surface area contributed by atoms with Crippen LogP contribution < -0.4 is 27.2 Å². The molecule has 0 saturated heterocycles. The number of halogens is 1. The quantitative estimate of drug-likeness (QED) is 0.280. The van der Waals surface area contributed by atoms with Crippen molar-refractivity contribution in [2.75, 3.05) is 0 Å². The normalized spacial score (nSPS) is 11.2. The Morgan fingerprint density at radius 3 is 2.47 bits per heavy atom. The molecule has 0 heterocycles. The Morgan fingerprint density at radius 1 is 1.27 bits per heavy atom. The summed E-state index contributed by atoms with van der Waals surface area (Å²) in [6.07, 6.45) is 0. The first-order valence-electron chi connectivity index (χ1n) is 4.29. The summed E-state index contributed by atoms with van der Waals surface area (Å²) >= 11 is 3.41. The van der Waals surface area contributed by atoms with Crippen LogP contribution in [0.15, 0.2) is 22.7 Å². The second-order valence-electron chi connectivity index (χ2n) is 3.08. The Labute approximate surface area is 96.2 Å². The van der Waals surface area contributed by atoms with Crippen molar-refractivity contribution in [3.8, 4) is 0 Å². The lowest BCUT2D eigenvalue weighted by molar-refractivity contribution is -0.459. The topological polar surface area (TPSA) is 106 Å². The fourth-order valence-corrected chi connectivity index (χ4v) is 1.31. The lowest BCUT2D eigenvalue weighted by Gasteiger charge is -1.95. The molecular weight excluding hydrogens is 258 g/mol. The molecule has 6 heteroatoms. The molecule has 0 radical (unpaired) electrons. The van der Waals surface area contributed by atoms with E-state index in [2.05, 4.69) is 25.9 Å². The van der Waals surface area contributed by atoms with E-state index in [1.807, 2.05) is 25.1 Å². The summed E-state index contributed by atoms with van der Waals surface area (Å²) in [5, 5.41) is 0. The van der Waals surface area contributed by atoms with Crippen molar-refractivity contribution >= 4 is 33.5 Å². The van der Waals surface area contributed by atoms with Gasteiger partial charge in [0, 0.05) is 4.47 Å². The average molecular weight is 272 g/mol. The van der Waals surface area contributed by atoms with Crippen molar-refractivity contribution in [1.29, 1.82) is 0 Å². The molecular formula is C9H14BrN5+2. The molecule has 0 aliphatic rings. The number of hydrogen-bond acceptors (Lipinski definition) is 0. The Hall–Kier alpha value is -1.56. The minimum atomic E-state index is 0.0498. The molecule has 0 atom stereocenters. The van der Waals surface area contributed by atoms with E-state index in [0.717, 1.165) is 15.7 Å². The minimum Gasteiger partial charge on any atom is -0.345 e. The maximum Gasteiger partial charge on any atom is 0.522 e. The predicted octanol–water partition coefficient (Wildman–Crippen LogP) is -2.86. The number of hydrogen-bond donors (Lipinski definition) is 5. The van der Waals surface area contributed by atoms with Crippen LogP contribution in [0, 0.1) is 6.92 Å². The zero-order valence-corrected chi connectivity index (χ0v) is 9.93. The minimum absolute atomic E-state index is 0.0498. The van der Waals surface area contributed by atoms with Crippen LogP contribution >= 0.6 is 15.9 Å². The molecule has 80 valence electrons. The Balaban J connectivity index is 2.99. The van der Waals surface area contributed by atoms with Gasteiger partial charge in [-0.1, -0.05) is 15.9 Å². The van der Waals surface area contributed by atoms with Crippen LogP contribution in [0.2, 0.25) is 0 Å². The SMILES string of the molecule is Cc1cc([NH+]=C(N)[NH+]=C(N)N)ccc1Br. The van der Waals surface area contributed by atoms with Gasteiger partial charge >= 0.3 is 5.96 Å². The number of aryl methyl sites for hydroxylation is 1. The van der Waals surface area contributed by atoms with Crippen molar-refractivity contribution in [2.45, 2.75) is 6.92 Å². The number of guanidine groups is 2. The van der Waals surface area contributed by atoms with Gasteiger partial charge in [-0.15, -0.1) is 4.99 Å². The van der Waals surface area contributed by atoms with Gasteiger partial charge in [0.25, 0.3) is 5.96 Å². The van der Waals surface area contributed by atoms with E-state index in [9.17, 15) is 0 Å². The third-order valence-corrected chi connectivity index (χ3v) is 2.61. The average Bonchev–Trinajstić information content (AvgIpc) is 2.10. The molecule has 5 nitrogen and oxygen atoms in total. The van der Waals surface area contributed by atoms with E-state index < -0.39 is 0 Å². The van der Waals surface area contributed by atoms with Crippen molar-refractivity contribution in [3.63, 3.8) is 0 Å². The summed E-state index contributed by atoms with van der Waals surface area (Å²) in [5.41, 5.74) is 18.0. The van der Waals surface area contributed by atoms with E-state index >= 15 is 0 Å². The summed E-state index contributed by atoms with van der Waals surface area (Å²) in [5.74, 6) is 0.338. The largest absolute Gasteiger partial charge is 0.522 e. The van der Waals surface area contributed by atoms with Crippen LogP contribution in [0.1, 0.15) is 5.56 Å². The number of benzene rings is 1. The van der Waals surface area contributed by atoms with Gasteiger partial charge in [-0.25, -0.2) is 5.73 Å². The lowest BCUT2D eigenvalue weighted by Crippen LogP contribution is -2.96. The standard InChI is InChI=1S/C9H12BrN5/c1-5-4-6(2-3-7(5)10)14-9(13)15-8(11)12/h2-4H,1H3,(H6,11,12,13,14,15)/p+2. The predicted molar refractivity (Wildman–Crippen MR) is 63.0 cm³/mol. The molecule has 0 unspecified atom stereocenters. The molecule has 0 aliphatic heterocycles. The zero-order valence-electron chi connectivity index (χ0n) is 8.34. The van der Waals surface area contributed by atoms with Crippen LogP contribution in [0.4, 0.5) is 5.69 Å². The van der Waals surface area contributed by atoms with Gasteiger partial charge in [-0.05, 0) is 30.7 Å². The van der Waals surface area contributed by atoms with Crippen molar-refractivity contribution in [2.24, 2.45) is 17.2 Å². The van der Waals surface area contributed by atoms with E-state index in [0.29, 0.717) is 0 Å². The number of nitrogens with two attached hydrogens (primary N) is 3. The van der Waals surface area contributed by atoms with Crippen LogP contribution in [0.25, 0.3) is 0 Å². The summed E-state index contributed by atoms with van der Waals surface area (Å²) in [6, 6.07) is 5.77. The van der Waals surface area contributed by atoms with E-state index in [1.165, 1.54) is 0 Å². The molecule has 1 aromatic carbocycles. The van der Waals surface area contributed by atoms with Crippen LogP contribution in [0.3, 0.4) is 0 Å². The van der Waals surface area contributed by atoms with Gasteiger partial charge in [-0.2, -0.15) is 4.99 Å².